The van der Waals surface area contributed by atoms with Crippen molar-refractivity contribution in [1.29, 1.82) is 0 Å². The number of imidazole rings is 1. The first kappa shape index (κ1) is 16.8. The van der Waals surface area contributed by atoms with E-state index in [1.54, 1.807) is 64.4 Å². The normalized spacial score (nSPS) is 11.9. The molecule has 0 fully saturated rings. The minimum absolute atomic E-state index is 0.126. The van der Waals surface area contributed by atoms with E-state index >= 15 is 0 Å². The number of sulfone groups is 1. The largest absolute Gasteiger partial charge is 0.290 e. The van der Waals surface area contributed by atoms with Crippen LogP contribution in [0.1, 0.15) is 5.69 Å². The highest BCUT2D eigenvalue weighted by atomic mass is 32.2. The zero-order valence-electron chi connectivity index (χ0n) is 14.1. The van der Waals surface area contributed by atoms with Crippen molar-refractivity contribution in [3.63, 3.8) is 0 Å². The van der Waals surface area contributed by atoms with Gasteiger partial charge in [-0.25, -0.2) is 18.4 Å². The molecule has 9 heteroatoms. The lowest BCUT2D eigenvalue weighted by Crippen LogP contribution is -2.07. The van der Waals surface area contributed by atoms with E-state index < -0.39 is 9.84 Å². The van der Waals surface area contributed by atoms with Crippen LogP contribution in [0.25, 0.3) is 11.5 Å². The van der Waals surface area contributed by atoms with E-state index in [1.807, 2.05) is 13.0 Å². The quantitative estimate of drug-likeness (QED) is 0.503. The summed E-state index contributed by atoms with van der Waals surface area (Å²) in [5.41, 5.74) is 1.00. The third-order valence-corrected chi connectivity index (χ3v) is 6.52. The molecule has 0 aliphatic carbocycles. The fraction of sp³-hybridized carbons (Fsp3) is 0.118. The van der Waals surface area contributed by atoms with Gasteiger partial charge in [0.05, 0.1) is 4.90 Å². The van der Waals surface area contributed by atoms with Crippen LogP contribution in [0.15, 0.2) is 69.9 Å². The molecule has 4 aromatic rings. The van der Waals surface area contributed by atoms with Crippen LogP contribution in [0.4, 0.5) is 0 Å². The summed E-state index contributed by atoms with van der Waals surface area (Å²) >= 11 is 1.28. The summed E-state index contributed by atoms with van der Waals surface area (Å²) in [6.07, 6.45) is 6.87. The average molecular weight is 385 g/mol. The number of thioether (sulfide) groups is 1. The Bertz CT molecular complexity index is 1180. The number of hydrogen-bond acceptors (Lipinski definition) is 6. The minimum Gasteiger partial charge on any atom is -0.290 e. The Morgan fingerprint density at radius 2 is 1.92 bits per heavy atom. The second-order valence-electron chi connectivity index (χ2n) is 5.62. The molecule has 132 valence electrons. The van der Waals surface area contributed by atoms with Crippen molar-refractivity contribution in [2.75, 3.05) is 6.26 Å². The molecule has 4 rings (SSSR count). The molecule has 7 nitrogen and oxygen atoms in total. The first-order valence-electron chi connectivity index (χ1n) is 7.75. The van der Waals surface area contributed by atoms with Gasteiger partial charge in [0.1, 0.15) is 17.2 Å². The predicted molar refractivity (Wildman–Crippen MR) is 98.5 cm³/mol. The van der Waals surface area contributed by atoms with Crippen LogP contribution in [-0.2, 0) is 9.84 Å². The van der Waals surface area contributed by atoms with Crippen LogP contribution >= 0.6 is 11.8 Å². The van der Waals surface area contributed by atoms with E-state index in [0.29, 0.717) is 22.2 Å². The van der Waals surface area contributed by atoms with Crippen molar-refractivity contribution >= 4 is 27.2 Å². The van der Waals surface area contributed by atoms with Crippen LogP contribution in [0.5, 0.6) is 0 Å². The molecule has 0 bridgehead atoms. The van der Waals surface area contributed by atoms with Gasteiger partial charge >= 0.3 is 0 Å². The number of aryl methyl sites for hydroxylation is 1. The van der Waals surface area contributed by atoms with E-state index in [0.717, 1.165) is 0 Å². The molecule has 0 radical (unpaired) electrons. The lowest BCUT2D eigenvalue weighted by Gasteiger charge is -2.07. The summed E-state index contributed by atoms with van der Waals surface area (Å²) in [4.78, 5) is 8.89. The lowest BCUT2D eigenvalue weighted by molar-refractivity contribution is 0.594. The summed E-state index contributed by atoms with van der Waals surface area (Å²) in [6, 6.07) is 10.2. The second-order valence-corrected chi connectivity index (χ2v) is 8.30. The van der Waals surface area contributed by atoms with E-state index in [1.165, 1.54) is 11.8 Å². The molecule has 0 saturated heterocycles. The standard InChI is InChI=1S/C17H15N5O2S2/c1-12-10-14(21-9-8-18-11-21)22-16(19-12)15(17(20-22)25-2)26(23,24)13-6-4-3-5-7-13/h3-11H,1-2H3. The van der Waals surface area contributed by atoms with Gasteiger partial charge in [0.2, 0.25) is 9.84 Å². The van der Waals surface area contributed by atoms with E-state index in [4.69, 9.17) is 0 Å². The van der Waals surface area contributed by atoms with E-state index in [9.17, 15) is 8.42 Å². The van der Waals surface area contributed by atoms with Gasteiger partial charge in [0.15, 0.2) is 10.5 Å². The Morgan fingerprint density at radius 1 is 1.15 bits per heavy atom. The Labute approximate surface area is 154 Å². The van der Waals surface area contributed by atoms with Gasteiger partial charge in [-0.15, -0.1) is 11.8 Å². The third-order valence-electron chi connectivity index (χ3n) is 3.91. The summed E-state index contributed by atoms with van der Waals surface area (Å²) in [5.74, 6) is 0.676. The molecular weight excluding hydrogens is 370 g/mol. The van der Waals surface area contributed by atoms with Crippen LogP contribution < -0.4 is 0 Å². The molecule has 26 heavy (non-hydrogen) atoms. The van der Waals surface area contributed by atoms with Gasteiger partial charge in [-0.1, -0.05) is 18.2 Å². The number of aromatic nitrogens is 5. The second kappa shape index (κ2) is 6.26. The molecule has 0 atom stereocenters. The highest BCUT2D eigenvalue weighted by Gasteiger charge is 2.29. The maximum Gasteiger partial charge on any atom is 0.213 e. The van der Waals surface area contributed by atoms with E-state index in [2.05, 4.69) is 15.1 Å². The molecule has 0 unspecified atom stereocenters. The number of hydrogen-bond donors (Lipinski definition) is 0. The lowest BCUT2D eigenvalue weighted by atomic mass is 10.4. The van der Waals surface area contributed by atoms with Gasteiger partial charge in [-0.3, -0.25) is 4.57 Å². The van der Waals surface area contributed by atoms with Crippen LogP contribution in [0.3, 0.4) is 0 Å². The SMILES string of the molecule is CSc1nn2c(-n3ccnc3)cc(C)nc2c1S(=O)(=O)c1ccccc1. The molecule has 0 N–H and O–H groups in total. The van der Waals surface area contributed by atoms with Crippen molar-refractivity contribution < 1.29 is 8.42 Å². The summed E-state index contributed by atoms with van der Waals surface area (Å²) in [5, 5.41) is 4.92. The summed E-state index contributed by atoms with van der Waals surface area (Å²) in [6.45, 7) is 1.82. The number of nitrogens with zero attached hydrogens (tertiary/aromatic N) is 5. The van der Waals surface area contributed by atoms with Gasteiger partial charge < -0.3 is 0 Å². The molecule has 0 spiro atoms. The number of benzene rings is 1. The first-order chi connectivity index (χ1) is 12.5. The van der Waals surface area contributed by atoms with Crippen molar-refractivity contribution in [3.8, 4) is 5.82 Å². The Balaban J connectivity index is 2.08. The van der Waals surface area contributed by atoms with Crippen molar-refractivity contribution in [2.24, 2.45) is 0 Å². The Kier molecular flexibility index (Phi) is 4.04. The maximum atomic E-state index is 13.3. The van der Waals surface area contributed by atoms with Gasteiger partial charge in [0, 0.05) is 24.2 Å². The molecule has 0 saturated carbocycles. The van der Waals surface area contributed by atoms with Crippen molar-refractivity contribution in [3.05, 3.63) is 60.8 Å². The molecular formula is C17H15N5O2S2. The molecule has 3 heterocycles. The summed E-state index contributed by atoms with van der Waals surface area (Å²) in [7, 11) is -3.76. The monoisotopic (exact) mass is 385 g/mol. The van der Waals surface area contributed by atoms with Crippen molar-refractivity contribution in [2.45, 2.75) is 21.7 Å². The van der Waals surface area contributed by atoms with Gasteiger partial charge in [0.25, 0.3) is 0 Å². The highest BCUT2D eigenvalue weighted by molar-refractivity contribution is 7.99. The zero-order valence-corrected chi connectivity index (χ0v) is 15.7. The third kappa shape index (κ3) is 2.60. The van der Waals surface area contributed by atoms with E-state index in [-0.39, 0.29) is 9.79 Å². The number of fused-ring (bicyclic) bond motifs is 1. The Hall–Kier alpha value is -2.65. The molecule has 0 amide bonds. The maximum absolute atomic E-state index is 13.3. The van der Waals surface area contributed by atoms with Crippen LogP contribution in [-0.4, -0.2) is 38.8 Å². The van der Waals surface area contributed by atoms with Crippen molar-refractivity contribution in [1.82, 2.24) is 24.1 Å². The Morgan fingerprint density at radius 3 is 2.58 bits per heavy atom. The van der Waals surface area contributed by atoms with Crippen LogP contribution in [0, 0.1) is 6.92 Å². The smallest absolute Gasteiger partial charge is 0.213 e. The fourth-order valence-electron chi connectivity index (χ4n) is 2.75. The molecule has 0 aliphatic heterocycles. The average Bonchev–Trinajstić information content (AvgIpc) is 3.29. The number of rotatable bonds is 4. The predicted octanol–water partition coefficient (Wildman–Crippen LogP) is 2.78. The van der Waals surface area contributed by atoms with Gasteiger partial charge in [-0.05, 0) is 25.3 Å². The van der Waals surface area contributed by atoms with Crippen LogP contribution in [0.2, 0.25) is 0 Å². The highest BCUT2D eigenvalue weighted by Crippen LogP contribution is 2.33. The first-order valence-corrected chi connectivity index (χ1v) is 10.5. The molecule has 0 aliphatic rings. The molecule has 3 aromatic heterocycles. The fourth-order valence-corrected chi connectivity index (χ4v) is 5.16. The minimum atomic E-state index is -3.76. The van der Waals surface area contributed by atoms with Gasteiger partial charge in [-0.2, -0.15) is 9.61 Å². The summed E-state index contributed by atoms with van der Waals surface area (Å²) < 4.78 is 29.9. The molecule has 1 aromatic carbocycles. The zero-order chi connectivity index (χ0) is 18.3. The topological polar surface area (TPSA) is 82.2 Å².